The number of ether oxygens (including phenoxy) is 1. The van der Waals surface area contributed by atoms with Crippen LogP contribution >= 0.6 is 11.3 Å². The molecule has 5 rings (SSSR count). The van der Waals surface area contributed by atoms with E-state index in [4.69, 9.17) is 4.74 Å². The van der Waals surface area contributed by atoms with Crippen LogP contribution < -0.4 is 10.3 Å². The lowest BCUT2D eigenvalue weighted by Crippen LogP contribution is -2.15. The third-order valence-corrected chi connectivity index (χ3v) is 5.75. The van der Waals surface area contributed by atoms with Gasteiger partial charge in [-0.3, -0.25) is 4.79 Å². The number of hydrogen-bond donors (Lipinski definition) is 1. The van der Waals surface area contributed by atoms with Crippen LogP contribution in [0.3, 0.4) is 0 Å². The van der Waals surface area contributed by atoms with Crippen LogP contribution in [0.1, 0.15) is 16.9 Å². The molecule has 120 valence electrons. The second-order valence-corrected chi connectivity index (χ2v) is 6.97. The van der Waals surface area contributed by atoms with E-state index >= 15 is 0 Å². The van der Waals surface area contributed by atoms with E-state index in [9.17, 15) is 4.79 Å². The number of nitrogens with one attached hydrogen (secondary N) is 1. The molecule has 0 fully saturated rings. The maximum absolute atomic E-state index is 13.1. The van der Waals surface area contributed by atoms with Crippen LogP contribution in [-0.4, -0.2) is 26.7 Å². The number of benzene rings is 1. The predicted octanol–water partition coefficient (Wildman–Crippen LogP) is 2.80. The van der Waals surface area contributed by atoms with Crippen molar-refractivity contribution in [3.8, 4) is 17.1 Å². The first-order valence-electron chi connectivity index (χ1n) is 7.82. The number of aromatic amines is 1. The average molecular weight is 338 g/mol. The van der Waals surface area contributed by atoms with Crippen molar-refractivity contribution in [2.75, 3.05) is 7.11 Å². The molecule has 1 aliphatic rings. The van der Waals surface area contributed by atoms with Gasteiger partial charge >= 0.3 is 0 Å². The van der Waals surface area contributed by atoms with Gasteiger partial charge in [0.2, 0.25) is 5.78 Å². The summed E-state index contributed by atoms with van der Waals surface area (Å²) in [7, 11) is 1.63. The predicted molar refractivity (Wildman–Crippen MR) is 93.0 cm³/mol. The highest BCUT2D eigenvalue weighted by molar-refractivity contribution is 7.18. The first-order chi connectivity index (χ1) is 11.8. The fourth-order valence-electron chi connectivity index (χ4n) is 3.40. The Labute approximate surface area is 140 Å². The molecule has 3 heterocycles. The van der Waals surface area contributed by atoms with Gasteiger partial charge in [0.15, 0.2) is 5.82 Å². The summed E-state index contributed by atoms with van der Waals surface area (Å²) in [5.41, 5.74) is 2.00. The Kier molecular flexibility index (Phi) is 2.81. The lowest BCUT2D eigenvalue weighted by atomic mass is 10.2. The number of nitrogens with zero attached hydrogens (tertiary/aromatic N) is 3. The highest BCUT2D eigenvalue weighted by atomic mass is 32.1. The van der Waals surface area contributed by atoms with Gasteiger partial charge in [0.1, 0.15) is 10.6 Å². The Morgan fingerprint density at radius 3 is 2.88 bits per heavy atom. The molecule has 4 aromatic rings. The standard InChI is InChI=1S/C17H14N4O2S/c1-23-10-7-5-9(6-8-10)14-19-20-17-18-15-13(16(22)21(14)17)11-3-2-4-12(11)24-15/h5-8H,2-4H2,1H3,(H,18,20). The van der Waals surface area contributed by atoms with E-state index in [0.29, 0.717) is 11.6 Å². The van der Waals surface area contributed by atoms with Crippen LogP contribution in [-0.2, 0) is 12.8 Å². The molecule has 0 bridgehead atoms. The maximum atomic E-state index is 13.1. The van der Waals surface area contributed by atoms with Crippen LogP contribution in [0.4, 0.5) is 0 Å². The van der Waals surface area contributed by atoms with Gasteiger partial charge in [-0.1, -0.05) is 0 Å². The van der Waals surface area contributed by atoms with Gasteiger partial charge in [-0.15, -0.1) is 11.3 Å². The highest BCUT2D eigenvalue weighted by Crippen LogP contribution is 2.35. The Balaban J connectivity index is 1.81. The molecule has 0 spiro atoms. The molecule has 7 heteroatoms. The minimum Gasteiger partial charge on any atom is -0.497 e. The zero-order chi connectivity index (χ0) is 16.3. The molecular weight excluding hydrogens is 324 g/mol. The molecule has 0 amide bonds. The molecule has 0 aliphatic heterocycles. The third kappa shape index (κ3) is 1.78. The number of H-pyrrole nitrogens is 1. The monoisotopic (exact) mass is 338 g/mol. The quantitative estimate of drug-likeness (QED) is 0.610. The van der Waals surface area contributed by atoms with Gasteiger partial charge in [-0.05, 0) is 49.1 Å². The summed E-state index contributed by atoms with van der Waals surface area (Å²) >= 11 is 1.64. The van der Waals surface area contributed by atoms with Gasteiger partial charge in [0.05, 0.1) is 12.5 Å². The number of rotatable bonds is 2. The second-order valence-electron chi connectivity index (χ2n) is 5.89. The number of hydrogen-bond acceptors (Lipinski definition) is 5. The van der Waals surface area contributed by atoms with Gasteiger partial charge in [0.25, 0.3) is 5.56 Å². The SMILES string of the molecule is COc1ccc(-c2n[nH]c3nc4sc5c(c4c(=O)n23)CCC5)cc1. The van der Waals surface area contributed by atoms with Crippen molar-refractivity contribution in [1.29, 1.82) is 0 Å². The minimum atomic E-state index is -0.0334. The first-order valence-corrected chi connectivity index (χ1v) is 8.63. The van der Waals surface area contributed by atoms with Gasteiger partial charge in [-0.2, -0.15) is 5.10 Å². The fourth-order valence-corrected chi connectivity index (χ4v) is 4.65. The fraction of sp³-hybridized carbons (Fsp3) is 0.235. The van der Waals surface area contributed by atoms with Gasteiger partial charge in [0, 0.05) is 10.4 Å². The molecule has 0 unspecified atom stereocenters. The van der Waals surface area contributed by atoms with Gasteiger partial charge < -0.3 is 4.74 Å². The zero-order valence-corrected chi connectivity index (χ0v) is 13.8. The summed E-state index contributed by atoms with van der Waals surface area (Å²) in [6.07, 6.45) is 3.14. The number of aryl methyl sites for hydroxylation is 2. The molecule has 1 aliphatic carbocycles. The van der Waals surface area contributed by atoms with Crippen LogP contribution in [0.5, 0.6) is 5.75 Å². The van der Waals surface area contributed by atoms with Crippen molar-refractivity contribution in [2.45, 2.75) is 19.3 Å². The molecule has 0 radical (unpaired) electrons. The summed E-state index contributed by atoms with van der Waals surface area (Å²) in [5, 5.41) is 7.97. The summed E-state index contributed by atoms with van der Waals surface area (Å²) in [5.74, 6) is 1.82. The van der Waals surface area contributed by atoms with Crippen molar-refractivity contribution in [3.05, 3.63) is 45.1 Å². The summed E-state index contributed by atoms with van der Waals surface area (Å²) in [6, 6.07) is 7.50. The molecule has 1 aromatic carbocycles. The van der Waals surface area contributed by atoms with Crippen LogP contribution in [0.25, 0.3) is 27.4 Å². The normalized spacial score (nSPS) is 13.7. The molecule has 24 heavy (non-hydrogen) atoms. The Hall–Kier alpha value is -2.67. The lowest BCUT2D eigenvalue weighted by Gasteiger charge is -2.02. The smallest absolute Gasteiger partial charge is 0.269 e. The van der Waals surface area contributed by atoms with Crippen molar-refractivity contribution < 1.29 is 4.74 Å². The van der Waals surface area contributed by atoms with Crippen molar-refractivity contribution in [3.63, 3.8) is 0 Å². The largest absolute Gasteiger partial charge is 0.497 e. The van der Waals surface area contributed by atoms with E-state index in [-0.39, 0.29) is 5.56 Å². The maximum Gasteiger partial charge on any atom is 0.269 e. The molecule has 0 saturated carbocycles. The second kappa shape index (κ2) is 4.91. The molecule has 1 N–H and O–H groups in total. The van der Waals surface area contributed by atoms with Gasteiger partial charge in [-0.25, -0.2) is 14.5 Å². The molecular formula is C17H14N4O2S. The molecule has 0 atom stereocenters. The van der Waals surface area contributed by atoms with E-state index in [1.807, 2.05) is 24.3 Å². The van der Waals surface area contributed by atoms with Crippen LogP contribution in [0, 0.1) is 0 Å². The summed E-state index contributed by atoms with van der Waals surface area (Å²) in [6.45, 7) is 0. The van der Waals surface area contributed by atoms with E-state index in [1.165, 1.54) is 10.4 Å². The topological polar surface area (TPSA) is 72.3 Å². The molecule has 3 aromatic heterocycles. The number of aromatic nitrogens is 4. The third-order valence-electron chi connectivity index (χ3n) is 4.56. The van der Waals surface area contributed by atoms with E-state index < -0.39 is 0 Å². The minimum absolute atomic E-state index is 0.0334. The number of thiophene rings is 1. The number of methoxy groups -OCH3 is 1. The van der Waals surface area contributed by atoms with Crippen molar-refractivity contribution >= 4 is 27.3 Å². The Morgan fingerprint density at radius 2 is 2.08 bits per heavy atom. The van der Waals surface area contributed by atoms with E-state index in [1.54, 1.807) is 22.8 Å². The average Bonchev–Trinajstić information content (AvgIpc) is 3.29. The highest BCUT2D eigenvalue weighted by Gasteiger charge is 2.23. The van der Waals surface area contributed by atoms with E-state index in [2.05, 4.69) is 15.2 Å². The Bertz CT molecular complexity index is 1140. The van der Waals surface area contributed by atoms with E-state index in [0.717, 1.165) is 40.8 Å². The summed E-state index contributed by atoms with van der Waals surface area (Å²) < 4.78 is 6.77. The molecule has 0 saturated heterocycles. The molecule has 6 nitrogen and oxygen atoms in total. The summed E-state index contributed by atoms with van der Waals surface area (Å²) in [4.78, 5) is 19.9. The first kappa shape index (κ1) is 13.7. The van der Waals surface area contributed by atoms with Crippen LogP contribution in [0.15, 0.2) is 29.1 Å². The van der Waals surface area contributed by atoms with Crippen molar-refractivity contribution in [2.24, 2.45) is 0 Å². The van der Waals surface area contributed by atoms with Crippen LogP contribution in [0.2, 0.25) is 0 Å². The lowest BCUT2D eigenvalue weighted by molar-refractivity contribution is 0.415. The zero-order valence-electron chi connectivity index (χ0n) is 13.0. The Morgan fingerprint density at radius 1 is 1.25 bits per heavy atom. The van der Waals surface area contributed by atoms with Crippen molar-refractivity contribution in [1.82, 2.24) is 19.6 Å². The number of fused-ring (bicyclic) bond motifs is 4.